The van der Waals surface area contributed by atoms with Gasteiger partial charge >= 0.3 is 0 Å². The Balaban J connectivity index is 1.70. The van der Waals surface area contributed by atoms with Crippen LogP contribution in [0.4, 0.5) is 15.8 Å². The number of fused-ring (bicyclic) bond motifs is 3. The summed E-state index contributed by atoms with van der Waals surface area (Å²) in [6, 6.07) is 9.46. The van der Waals surface area contributed by atoms with Gasteiger partial charge in [-0.1, -0.05) is 0 Å². The Labute approximate surface area is 150 Å². The average molecular weight is 353 g/mol. The van der Waals surface area contributed by atoms with Gasteiger partial charge in [0, 0.05) is 43.0 Å². The first-order valence-electron chi connectivity index (χ1n) is 8.85. The number of rotatable bonds is 1. The molecule has 0 aliphatic carbocycles. The second kappa shape index (κ2) is 5.92. The SMILES string of the molecule is CN1CCN(c2ccc(F)c3[nH]ccc23)c2cc3c(cc2C1)OCCO3. The minimum Gasteiger partial charge on any atom is -0.486 e. The lowest BCUT2D eigenvalue weighted by Gasteiger charge is -2.28. The summed E-state index contributed by atoms with van der Waals surface area (Å²) in [7, 11) is 2.11. The van der Waals surface area contributed by atoms with Crippen molar-refractivity contribution in [3.8, 4) is 11.5 Å². The average Bonchev–Trinajstić information content (AvgIpc) is 3.08. The number of benzene rings is 2. The van der Waals surface area contributed by atoms with E-state index < -0.39 is 0 Å². The van der Waals surface area contributed by atoms with Crippen molar-refractivity contribution in [1.82, 2.24) is 9.88 Å². The number of ether oxygens (including phenoxy) is 2. The van der Waals surface area contributed by atoms with Crippen molar-refractivity contribution in [3.63, 3.8) is 0 Å². The van der Waals surface area contributed by atoms with Crippen LogP contribution in [0.5, 0.6) is 11.5 Å². The highest BCUT2D eigenvalue weighted by atomic mass is 19.1. The van der Waals surface area contributed by atoms with Gasteiger partial charge in [-0.25, -0.2) is 4.39 Å². The van der Waals surface area contributed by atoms with E-state index in [0.29, 0.717) is 18.7 Å². The van der Waals surface area contributed by atoms with Crippen LogP contribution >= 0.6 is 0 Å². The quantitative estimate of drug-likeness (QED) is 0.725. The number of likely N-dealkylation sites (N-methyl/N-ethyl adjacent to an activating group) is 1. The molecule has 0 fully saturated rings. The van der Waals surface area contributed by atoms with Crippen molar-refractivity contribution in [1.29, 1.82) is 0 Å². The van der Waals surface area contributed by atoms with Crippen LogP contribution < -0.4 is 14.4 Å². The Bertz CT molecular complexity index is 985. The van der Waals surface area contributed by atoms with Gasteiger partial charge < -0.3 is 24.3 Å². The molecular weight excluding hydrogens is 333 g/mol. The number of halogens is 1. The summed E-state index contributed by atoms with van der Waals surface area (Å²) in [5.41, 5.74) is 3.81. The Morgan fingerprint density at radius 3 is 2.65 bits per heavy atom. The van der Waals surface area contributed by atoms with Crippen molar-refractivity contribution in [2.24, 2.45) is 0 Å². The molecule has 5 rings (SSSR count). The molecule has 0 spiro atoms. The number of aromatic nitrogens is 1. The molecule has 0 saturated heterocycles. The van der Waals surface area contributed by atoms with E-state index in [1.807, 2.05) is 12.1 Å². The smallest absolute Gasteiger partial charge is 0.163 e. The summed E-state index contributed by atoms with van der Waals surface area (Å²) in [6.07, 6.45) is 1.78. The number of nitrogens with zero attached hydrogens (tertiary/aromatic N) is 2. The predicted octanol–water partition coefficient (Wildman–Crippen LogP) is 3.66. The molecule has 0 atom stereocenters. The van der Waals surface area contributed by atoms with Gasteiger partial charge in [0.05, 0.1) is 11.2 Å². The zero-order valence-electron chi connectivity index (χ0n) is 14.6. The lowest BCUT2D eigenvalue weighted by Crippen LogP contribution is -2.26. The normalized spacial score (nSPS) is 17.2. The lowest BCUT2D eigenvalue weighted by molar-refractivity contribution is 0.171. The van der Waals surface area contributed by atoms with Gasteiger partial charge in [0.25, 0.3) is 0 Å². The van der Waals surface area contributed by atoms with Gasteiger partial charge in [0.15, 0.2) is 11.5 Å². The number of hydrogen-bond donors (Lipinski definition) is 1. The van der Waals surface area contributed by atoms with Gasteiger partial charge in [-0.05, 0) is 36.9 Å². The van der Waals surface area contributed by atoms with Gasteiger partial charge in [0.1, 0.15) is 19.0 Å². The van der Waals surface area contributed by atoms with Crippen molar-refractivity contribution in [3.05, 3.63) is 47.9 Å². The summed E-state index contributed by atoms with van der Waals surface area (Å²) >= 11 is 0. The molecule has 26 heavy (non-hydrogen) atoms. The van der Waals surface area contributed by atoms with Crippen molar-refractivity contribution in [2.75, 3.05) is 38.3 Å². The molecule has 5 nitrogen and oxygen atoms in total. The third-order valence-corrected chi connectivity index (χ3v) is 5.12. The minimum atomic E-state index is -0.233. The summed E-state index contributed by atoms with van der Waals surface area (Å²) in [6.45, 7) is 3.69. The molecule has 2 aliphatic rings. The number of hydrogen-bond acceptors (Lipinski definition) is 4. The fraction of sp³-hybridized carbons (Fsp3) is 0.300. The van der Waals surface area contributed by atoms with Crippen LogP contribution in [-0.2, 0) is 6.54 Å². The number of H-pyrrole nitrogens is 1. The largest absolute Gasteiger partial charge is 0.486 e. The standard InChI is InChI=1S/C20H20FN3O2/c1-23-6-7-24(16-3-2-15(21)20-14(16)4-5-22-20)17-11-19-18(10-13(17)12-23)25-8-9-26-19/h2-5,10-11,22H,6-9,12H2,1H3. The van der Waals surface area contributed by atoms with E-state index in [9.17, 15) is 4.39 Å². The Morgan fingerprint density at radius 2 is 1.81 bits per heavy atom. The summed E-state index contributed by atoms with van der Waals surface area (Å²) < 4.78 is 25.7. The monoisotopic (exact) mass is 353 g/mol. The second-order valence-corrected chi connectivity index (χ2v) is 6.85. The van der Waals surface area contributed by atoms with Gasteiger partial charge in [-0.2, -0.15) is 0 Å². The Kier molecular flexibility index (Phi) is 3.53. The highest BCUT2D eigenvalue weighted by molar-refractivity contribution is 5.95. The molecule has 0 amide bonds. The van der Waals surface area contributed by atoms with Gasteiger partial charge in [0.2, 0.25) is 0 Å². The maximum Gasteiger partial charge on any atom is 0.163 e. The number of anilines is 2. The Hall–Kier alpha value is -2.73. The fourth-order valence-corrected chi connectivity index (χ4v) is 3.85. The van der Waals surface area contributed by atoms with E-state index in [-0.39, 0.29) is 5.82 Å². The van der Waals surface area contributed by atoms with Crippen LogP contribution in [-0.4, -0.2) is 43.2 Å². The molecule has 1 aromatic heterocycles. The van der Waals surface area contributed by atoms with Crippen LogP contribution in [0.2, 0.25) is 0 Å². The maximum atomic E-state index is 14.1. The summed E-state index contributed by atoms with van der Waals surface area (Å²) in [4.78, 5) is 7.55. The Morgan fingerprint density at radius 1 is 1.00 bits per heavy atom. The molecule has 3 aromatic rings. The third-order valence-electron chi connectivity index (χ3n) is 5.12. The first kappa shape index (κ1) is 15.5. The van der Waals surface area contributed by atoms with E-state index in [1.54, 1.807) is 6.20 Å². The minimum absolute atomic E-state index is 0.233. The van der Waals surface area contributed by atoms with E-state index in [0.717, 1.165) is 47.9 Å². The highest BCUT2D eigenvalue weighted by Gasteiger charge is 2.25. The topological polar surface area (TPSA) is 40.7 Å². The van der Waals surface area contributed by atoms with Crippen molar-refractivity contribution in [2.45, 2.75) is 6.54 Å². The zero-order valence-corrected chi connectivity index (χ0v) is 14.6. The summed E-state index contributed by atoms with van der Waals surface area (Å²) in [5, 5.41) is 0.885. The lowest BCUT2D eigenvalue weighted by atomic mass is 10.1. The molecule has 6 heteroatoms. The van der Waals surface area contributed by atoms with Crippen LogP contribution in [0.3, 0.4) is 0 Å². The van der Waals surface area contributed by atoms with Crippen LogP contribution in [0.25, 0.3) is 10.9 Å². The fourth-order valence-electron chi connectivity index (χ4n) is 3.85. The highest BCUT2D eigenvalue weighted by Crippen LogP contribution is 2.42. The van der Waals surface area contributed by atoms with Gasteiger partial charge in [-0.3, -0.25) is 0 Å². The first-order chi connectivity index (χ1) is 12.7. The predicted molar refractivity (Wildman–Crippen MR) is 99.0 cm³/mol. The van der Waals surface area contributed by atoms with Crippen LogP contribution in [0.1, 0.15) is 5.56 Å². The third kappa shape index (κ3) is 2.41. The molecule has 0 unspecified atom stereocenters. The number of nitrogens with one attached hydrogen (secondary N) is 1. The molecule has 0 saturated carbocycles. The zero-order chi connectivity index (χ0) is 17.7. The van der Waals surface area contributed by atoms with Gasteiger partial charge in [-0.15, -0.1) is 0 Å². The van der Waals surface area contributed by atoms with Crippen molar-refractivity contribution >= 4 is 22.3 Å². The number of aromatic amines is 1. The van der Waals surface area contributed by atoms with Crippen LogP contribution in [0.15, 0.2) is 36.5 Å². The molecule has 3 heterocycles. The molecule has 0 bridgehead atoms. The summed E-state index contributed by atoms with van der Waals surface area (Å²) in [5.74, 6) is 1.34. The van der Waals surface area contributed by atoms with E-state index in [1.165, 1.54) is 11.6 Å². The molecule has 2 aromatic carbocycles. The maximum absolute atomic E-state index is 14.1. The van der Waals surface area contributed by atoms with Crippen LogP contribution in [0, 0.1) is 5.82 Å². The molecular formula is C20H20FN3O2. The second-order valence-electron chi connectivity index (χ2n) is 6.85. The molecule has 1 N–H and O–H groups in total. The van der Waals surface area contributed by atoms with E-state index in [2.05, 4.69) is 34.0 Å². The van der Waals surface area contributed by atoms with Crippen molar-refractivity contribution < 1.29 is 13.9 Å². The molecule has 0 radical (unpaired) electrons. The van der Waals surface area contributed by atoms with E-state index >= 15 is 0 Å². The van der Waals surface area contributed by atoms with E-state index in [4.69, 9.17) is 9.47 Å². The molecule has 134 valence electrons. The first-order valence-corrected chi connectivity index (χ1v) is 8.85. The molecule has 2 aliphatic heterocycles.